The maximum atomic E-state index is 12.3. The number of nitrogens with zero attached hydrogens (tertiary/aromatic N) is 1. The number of hydrogen-bond acceptors (Lipinski definition) is 4. The van der Waals surface area contributed by atoms with Gasteiger partial charge in [-0.15, -0.1) is 37.2 Å². The molecule has 0 saturated carbocycles. The fourth-order valence-corrected chi connectivity index (χ4v) is 3.09. The van der Waals surface area contributed by atoms with Crippen molar-refractivity contribution in [3.63, 3.8) is 0 Å². The van der Waals surface area contributed by atoms with Crippen LogP contribution in [-0.4, -0.2) is 36.5 Å². The van der Waals surface area contributed by atoms with Crippen molar-refractivity contribution in [3.05, 3.63) is 54.1 Å². The van der Waals surface area contributed by atoms with Crippen molar-refractivity contribution in [1.29, 1.82) is 0 Å². The van der Waals surface area contributed by atoms with Gasteiger partial charge in [0.2, 0.25) is 0 Å². The topological polar surface area (TPSA) is 70.4 Å². The van der Waals surface area contributed by atoms with Crippen molar-refractivity contribution < 1.29 is 4.79 Å². The Bertz CT molecular complexity index is 734. The SMILES string of the molecule is CC(C)CN1CC(Nc2ccc(C(=O)Nc3ccccc3N)cc2)C1.Cl.Cl.Cl. The standard InChI is InChI=1S/C20H26N4O.3ClH/c1-14(2)11-24-12-17(13-24)22-16-9-7-15(8-10-16)20(25)23-19-6-4-3-5-18(19)21;;;/h3-10,14,17,22H,11-13,21H2,1-2H3,(H,23,25);3*1H. The fraction of sp³-hybridized carbons (Fsp3) is 0.350. The van der Waals surface area contributed by atoms with Crippen molar-refractivity contribution in [2.45, 2.75) is 19.9 Å². The van der Waals surface area contributed by atoms with Crippen molar-refractivity contribution in [3.8, 4) is 0 Å². The van der Waals surface area contributed by atoms with Crippen LogP contribution in [0.5, 0.6) is 0 Å². The molecule has 1 heterocycles. The maximum Gasteiger partial charge on any atom is 0.255 e. The number of likely N-dealkylation sites (tertiary alicyclic amines) is 1. The number of halogens is 3. The Morgan fingerprint density at radius 3 is 2.25 bits per heavy atom. The van der Waals surface area contributed by atoms with Gasteiger partial charge in [-0.25, -0.2) is 0 Å². The summed E-state index contributed by atoms with van der Waals surface area (Å²) in [7, 11) is 0. The molecule has 3 rings (SSSR count). The van der Waals surface area contributed by atoms with Crippen molar-refractivity contribution in [2.75, 3.05) is 36.0 Å². The minimum Gasteiger partial charge on any atom is -0.397 e. The summed E-state index contributed by atoms with van der Waals surface area (Å²) in [5.41, 5.74) is 8.72. The summed E-state index contributed by atoms with van der Waals surface area (Å²) in [6.45, 7) is 7.79. The largest absolute Gasteiger partial charge is 0.397 e. The molecule has 1 aliphatic rings. The first-order chi connectivity index (χ1) is 12.0. The molecular formula is C20H29Cl3N4O. The van der Waals surface area contributed by atoms with E-state index in [1.807, 2.05) is 36.4 Å². The average Bonchev–Trinajstić information content (AvgIpc) is 2.55. The molecule has 5 nitrogen and oxygen atoms in total. The number of benzene rings is 2. The zero-order valence-corrected chi connectivity index (χ0v) is 18.5. The molecule has 156 valence electrons. The summed E-state index contributed by atoms with van der Waals surface area (Å²) in [6.07, 6.45) is 0. The van der Waals surface area contributed by atoms with E-state index in [9.17, 15) is 4.79 Å². The van der Waals surface area contributed by atoms with Gasteiger partial charge >= 0.3 is 0 Å². The third-order valence-electron chi connectivity index (χ3n) is 4.31. The van der Waals surface area contributed by atoms with Gasteiger partial charge in [-0.05, 0) is 42.3 Å². The highest BCUT2D eigenvalue weighted by Gasteiger charge is 2.26. The molecule has 0 aliphatic carbocycles. The zero-order chi connectivity index (χ0) is 17.8. The number of amides is 1. The van der Waals surface area contributed by atoms with Crippen molar-refractivity contribution >= 4 is 60.2 Å². The second-order valence-electron chi connectivity index (χ2n) is 7.07. The Hall–Kier alpha value is -1.66. The first-order valence-electron chi connectivity index (χ1n) is 8.76. The molecule has 4 N–H and O–H groups in total. The van der Waals surface area contributed by atoms with Crippen LogP contribution in [0, 0.1) is 5.92 Å². The Kier molecular flexibility index (Phi) is 11.3. The number of anilines is 3. The molecule has 1 fully saturated rings. The van der Waals surface area contributed by atoms with Crippen LogP contribution in [0.1, 0.15) is 24.2 Å². The van der Waals surface area contributed by atoms with E-state index in [1.54, 1.807) is 12.1 Å². The summed E-state index contributed by atoms with van der Waals surface area (Å²) in [5, 5.41) is 6.36. The lowest BCUT2D eigenvalue weighted by atomic mass is 10.1. The quantitative estimate of drug-likeness (QED) is 0.569. The lowest BCUT2D eigenvalue weighted by molar-refractivity contribution is 0.102. The third-order valence-corrected chi connectivity index (χ3v) is 4.31. The van der Waals surface area contributed by atoms with Gasteiger partial charge in [0.05, 0.1) is 17.4 Å². The van der Waals surface area contributed by atoms with E-state index < -0.39 is 0 Å². The smallest absolute Gasteiger partial charge is 0.255 e. The first-order valence-corrected chi connectivity index (χ1v) is 8.76. The van der Waals surface area contributed by atoms with Crippen LogP contribution < -0.4 is 16.4 Å². The second-order valence-corrected chi connectivity index (χ2v) is 7.07. The van der Waals surface area contributed by atoms with Gasteiger partial charge in [0, 0.05) is 30.9 Å². The minimum atomic E-state index is -0.156. The molecule has 0 spiro atoms. The first kappa shape index (κ1) is 26.3. The number of rotatable bonds is 6. The Labute approximate surface area is 185 Å². The molecule has 1 saturated heterocycles. The fourth-order valence-electron chi connectivity index (χ4n) is 3.09. The molecule has 0 unspecified atom stereocenters. The number of para-hydroxylation sites is 2. The Morgan fingerprint density at radius 1 is 1.07 bits per heavy atom. The molecule has 0 aromatic heterocycles. The molecule has 28 heavy (non-hydrogen) atoms. The van der Waals surface area contributed by atoms with E-state index in [0.717, 1.165) is 25.3 Å². The van der Waals surface area contributed by atoms with Crippen LogP contribution in [0.25, 0.3) is 0 Å². The maximum absolute atomic E-state index is 12.3. The predicted octanol–water partition coefficient (Wildman–Crippen LogP) is 4.54. The van der Waals surface area contributed by atoms with Gasteiger partial charge in [0.1, 0.15) is 0 Å². The van der Waals surface area contributed by atoms with Gasteiger partial charge in [-0.1, -0.05) is 26.0 Å². The molecule has 0 bridgehead atoms. The van der Waals surface area contributed by atoms with Gasteiger partial charge in [0.15, 0.2) is 0 Å². The van der Waals surface area contributed by atoms with E-state index in [-0.39, 0.29) is 43.1 Å². The molecule has 1 aliphatic heterocycles. The zero-order valence-electron chi connectivity index (χ0n) is 16.1. The minimum absolute atomic E-state index is 0. The number of hydrogen-bond donors (Lipinski definition) is 3. The summed E-state index contributed by atoms with van der Waals surface area (Å²) in [6, 6.07) is 15.3. The van der Waals surface area contributed by atoms with E-state index in [4.69, 9.17) is 5.73 Å². The normalized spacial score (nSPS) is 13.4. The average molecular weight is 448 g/mol. The highest BCUT2D eigenvalue weighted by atomic mass is 35.5. The number of nitrogen functional groups attached to an aromatic ring is 1. The van der Waals surface area contributed by atoms with Gasteiger partial charge in [0.25, 0.3) is 5.91 Å². The highest BCUT2D eigenvalue weighted by molar-refractivity contribution is 6.05. The summed E-state index contributed by atoms with van der Waals surface area (Å²) in [5.74, 6) is 0.550. The third kappa shape index (κ3) is 7.06. The van der Waals surface area contributed by atoms with Crippen molar-refractivity contribution in [2.24, 2.45) is 5.92 Å². The number of carbonyl (C=O) groups excluding carboxylic acids is 1. The van der Waals surface area contributed by atoms with Crippen LogP contribution in [0.2, 0.25) is 0 Å². The lowest BCUT2D eigenvalue weighted by Crippen LogP contribution is -2.55. The van der Waals surface area contributed by atoms with Crippen LogP contribution in [0.4, 0.5) is 17.1 Å². The van der Waals surface area contributed by atoms with Gasteiger partial charge in [-0.2, -0.15) is 0 Å². The molecule has 2 aromatic rings. The van der Waals surface area contributed by atoms with E-state index in [0.29, 0.717) is 28.9 Å². The second kappa shape index (κ2) is 12.0. The monoisotopic (exact) mass is 446 g/mol. The number of carbonyl (C=O) groups is 1. The van der Waals surface area contributed by atoms with Gasteiger partial charge in [-0.3, -0.25) is 9.69 Å². The summed E-state index contributed by atoms with van der Waals surface area (Å²) in [4.78, 5) is 14.8. The molecule has 1 amide bonds. The van der Waals surface area contributed by atoms with E-state index >= 15 is 0 Å². The molecule has 0 atom stereocenters. The number of nitrogens with one attached hydrogen (secondary N) is 2. The molecule has 8 heteroatoms. The van der Waals surface area contributed by atoms with Crippen LogP contribution in [0.3, 0.4) is 0 Å². The molecule has 2 aromatic carbocycles. The lowest BCUT2D eigenvalue weighted by Gasteiger charge is -2.41. The molecule has 0 radical (unpaired) electrons. The van der Waals surface area contributed by atoms with Gasteiger partial charge < -0.3 is 16.4 Å². The Balaban J connectivity index is 0.00000243. The summed E-state index contributed by atoms with van der Waals surface area (Å²) >= 11 is 0. The van der Waals surface area contributed by atoms with Crippen molar-refractivity contribution in [1.82, 2.24) is 4.90 Å². The molecular weight excluding hydrogens is 419 g/mol. The number of nitrogens with two attached hydrogens (primary N) is 1. The Morgan fingerprint density at radius 2 is 1.68 bits per heavy atom. The van der Waals surface area contributed by atoms with E-state index in [1.165, 1.54) is 0 Å². The highest BCUT2D eigenvalue weighted by Crippen LogP contribution is 2.20. The van der Waals surface area contributed by atoms with Crippen LogP contribution >= 0.6 is 37.2 Å². The van der Waals surface area contributed by atoms with Crippen LogP contribution in [-0.2, 0) is 0 Å². The summed E-state index contributed by atoms with van der Waals surface area (Å²) < 4.78 is 0. The van der Waals surface area contributed by atoms with Crippen LogP contribution in [0.15, 0.2) is 48.5 Å². The predicted molar refractivity (Wildman–Crippen MR) is 126 cm³/mol. The van der Waals surface area contributed by atoms with E-state index in [2.05, 4.69) is 29.4 Å².